The second kappa shape index (κ2) is 10.1. The molecule has 1 aromatic heterocycles. The number of hydrogen-bond acceptors (Lipinski definition) is 7. The summed E-state index contributed by atoms with van der Waals surface area (Å²) in [6, 6.07) is 7.43. The number of rotatable bonds is 7. The molecule has 2 atom stereocenters. The molecule has 162 valence electrons. The molecule has 0 spiro atoms. The third kappa shape index (κ3) is 5.38. The molecule has 30 heavy (non-hydrogen) atoms. The van der Waals surface area contributed by atoms with Crippen molar-refractivity contribution in [3.63, 3.8) is 0 Å². The zero-order valence-electron chi connectivity index (χ0n) is 17.8. The molecular weight excluding hydrogens is 404 g/mol. The Bertz CT molecular complexity index is 870. The van der Waals surface area contributed by atoms with Gasteiger partial charge in [-0.15, -0.1) is 11.3 Å². The fraction of sp³-hybridized carbons (Fsp3) is 0.455. The van der Waals surface area contributed by atoms with Gasteiger partial charge in [-0.2, -0.15) is 0 Å². The van der Waals surface area contributed by atoms with E-state index in [0.29, 0.717) is 23.7 Å². The van der Waals surface area contributed by atoms with Crippen LogP contribution in [0.15, 0.2) is 29.6 Å². The third-order valence-electron chi connectivity index (χ3n) is 4.79. The van der Waals surface area contributed by atoms with E-state index in [0.717, 1.165) is 16.9 Å². The molecule has 1 aliphatic heterocycles. The Morgan fingerprint density at radius 3 is 2.47 bits per heavy atom. The van der Waals surface area contributed by atoms with Crippen molar-refractivity contribution in [3.05, 3.63) is 35.2 Å². The van der Waals surface area contributed by atoms with Crippen molar-refractivity contribution in [2.75, 3.05) is 38.7 Å². The van der Waals surface area contributed by atoms with Crippen LogP contribution >= 0.6 is 11.3 Å². The van der Waals surface area contributed by atoms with Crippen molar-refractivity contribution in [2.24, 2.45) is 0 Å². The highest BCUT2D eigenvalue weighted by molar-refractivity contribution is 7.15. The SMILES string of the molecule is CCOC(=O)c1c(-c2ccc(OC)cc2)csc1NC(=O)CN1C[C@H](C)O[C@@H](C)C1. The molecule has 8 heteroatoms. The number of benzene rings is 1. The van der Waals surface area contributed by atoms with Gasteiger partial charge in [-0.3, -0.25) is 9.69 Å². The minimum absolute atomic E-state index is 0.0834. The maximum atomic E-state index is 12.7. The van der Waals surface area contributed by atoms with Gasteiger partial charge in [-0.25, -0.2) is 4.79 Å². The van der Waals surface area contributed by atoms with Gasteiger partial charge >= 0.3 is 5.97 Å². The number of carbonyl (C=O) groups is 2. The lowest BCUT2D eigenvalue weighted by Gasteiger charge is -2.34. The quantitative estimate of drug-likeness (QED) is 0.673. The van der Waals surface area contributed by atoms with Gasteiger partial charge in [0.15, 0.2) is 0 Å². The average Bonchev–Trinajstić information content (AvgIpc) is 3.10. The second-order valence-corrected chi connectivity index (χ2v) is 8.18. The molecule has 2 aromatic rings. The molecule has 1 fully saturated rings. The van der Waals surface area contributed by atoms with Gasteiger partial charge in [-0.05, 0) is 38.5 Å². The summed E-state index contributed by atoms with van der Waals surface area (Å²) in [5, 5.41) is 5.27. The first-order chi connectivity index (χ1) is 14.4. The van der Waals surface area contributed by atoms with Crippen molar-refractivity contribution >= 4 is 28.2 Å². The summed E-state index contributed by atoms with van der Waals surface area (Å²) in [7, 11) is 1.60. The predicted octanol–water partition coefficient (Wildman–Crippen LogP) is 3.65. The van der Waals surface area contributed by atoms with E-state index in [1.54, 1.807) is 14.0 Å². The molecule has 0 bridgehead atoms. The molecule has 1 N–H and O–H groups in total. The number of amides is 1. The number of morpholine rings is 1. The molecule has 1 aliphatic rings. The second-order valence-electron chi connectivity index (χ2n) is 7.30. The Kier molecular flexibility index (Phi) is 7.47. The maximum absolute atomic E-state index is 12.7. The number of ether oxygens (including phenoxy) is 3. The Balaban J connectivity index is 1.80. The molecular formula is C22H28N2O5S. The first-order valence-corrected chi connectivity index (χ1v) is 10.9. The zero-order valence-corrected chi connectivity index (χ0v) is 18.6. The van der Waals surface area contributed by atoms with Crippen LogP contribution in [0.1, 0.15) is 31.1 Å². The fourth-order valence-electron chi connectivity index (χ4n) is 3.62. The minimum atomic E-state index is -0.450. The molecule has 0 unspecified atom stereocenters. The molecule has 1 aromatic carbocycles. The van der Waals surface area contributed by atoms with Gasteiger partial charge in [0, 0.05) is 24.0 Å². The van der Waals surface area contributed by atoms with Crippen LogP contribution in [0.5, 0.6) is 5.75 Å². The summed E-state index contributed by atoms with van der Waals surface area (Å²) >= 11 is 1.32. The Labute approximate surface area is 180 Å². The average molecular weight is 433 g/mol. The van der Waals surface area contributed by atoms with Crippen LogP contribution in [-0.2, 0) is 14.3 Å². The van der Waals surface area contributed by atoms with E-state index < -0.39 is 5.97 Å². The minimum Gasteiger partial charge on any atom is -0.497 e. The van der Waals surface area contributed by atoms with Crippen LogP contribution in [0.3, 0.4) is 0 Å². The van der Waals surface area contributed by atoms with Crippen molar-refractivity contribution < 1.29 is 23.8 Å². The number of nitrogens with one attached hydrogen (secondary N) is 1. The van der Waals surface area contributed by atoms with E-state index in [1.807, 2.05) is 43.5 Å². The molecule has 7 nitrogen and oxygen atoms in total. The third-order valence-corrected chi connectivity index (χ3v) is 5.68. The highest BCUT2D eigenvalue weighted by Gasteiger charge is 2.26. The van der Waals surface area contributed by atoms with Gasteiger partial charge in [0.1, 0.15) is 16.3 Å². The van der Waals surface area contributed by atoms with Gasteiger partial charge in [0.05, 0.1) is 32.5 Å². The predicted molar refractivity (Wildman–Crippen MR) is 117 cm³/mol. The number of methoxy groups -OCH3 is 1. The number of nitrogens with zero attached hydrogens (tertiary/aromatic N) is 1. The van der Waals surface area contributed by atoms with Gasteiger partial charge in [0.2, 0.25) is 5.91 Å². The topological polar surface area (TPSA) is 77.1 Å². The van der Waals surface area contributed by atoms with E-state index in [9.17, 15) is 9.59 Å². The number of thiophene rings is 1. The monoisotopic (exact) mass is 432 g/mol. The Morgan fingerprint density at radius 2 is 1.87 bits per heavy atom. The molecule has 1 amide bonds. The van der Waals surface area contributed by atoms with E-state index in [2.05, 4.69) is 10.2 Å². The number of anilines is 1. The Morgan fingerprint density at radius 1 is 1.20 bits per heavy atom. The summed E-state index contributed by atoms with van der Waals surface area (Å²) < 4.78 is 16.2. The van der Waals surface area contributed by atoms with Crippen LogP contribution in [0.4, 0.5) is 5.00 Å². The number of esters is 1. The van der Waals surface area contributed by atoms with Crippen molar-refractivity contribution in [1.82, 2.24) is 4.90 Å². The molecule has 2 heterocycles. The van der Waals surface area contributed by atoms with Crippen LogP contribution in [-0.4, -0.2) is 62.3 Å². The smallest absolute Gasteiger partial charge is 0.341 e. The first kappa shape index (κ1) is 22.3. The van der Waals surface area contributed by atoms with E-state index >= 15 is 0 Å². The lowest BCUT2D eigenvalue weighted by atomic mass is 10.0. The molecule has 3 rings (SSSR count). The summed E-state index contributed by atoms with van der Waals surface area (Å²) in [4.78, 5) is 27.4. The highest BCUT2D eigenvalue weighted by Crippen LogP contribution is 2.37. The van der Waals surface area contributed by atoms with Crippen LogP contribution in [0.25, 0.3) is 11.1 Å². The standard InChI is InChI=1S/C22H28N2O5S/c1-5-28-22(26)20-18(16-6-8-17(27-4)9-7-16)13-30-21(20)23-19(25)12-24-10-14(2)29-15(3)11-24/h6-9,13-15H,5,10-12H2,1-4H3,(H,23,25)/t14-,15-/m0/s1. The summed E-state index contributed by atoms with van der Waals surface area (Å²) in [6.45, 7) is 7.66. The lowest BCUT2D eigenvalue weighted by molar-refractivity contribution is -0.121. The van der Waals surface area contributed by atoms with Crippen molar-refractivity contribution in [2.45, 2.75) is 33.0 Å². The van der Waals surface area contributed by atoms with Crippen molar-refractivity contribution in [3.8, 4) is 16.9 Å². The lowest BCUT2D eigenvalue weighted by Crippen LogP contribution is -2.48. The maximum Gasteiger partial charge on any atom is 0.341 e. The number of hydrogen-bond donors (Lipinski definition) is 1. The van der Waals surface area contributed by atoms with Gasteiger partial charge in [0.25, 0.3) is 0 Å². The van der Waals surface area contributed by atoms with Gasteiger partial charge in [-0.1, -0.05) is 12.1 Å². The Hall–Kier alpha value is -2.42. The molecule has 0 saturated carbocycles. The van der Waals surface area contributed by atoms with Crippen molar-refractivity contribution in [1.29, 1.82) is 0 Å². The fourth-order valence-corrected chi connectivity index (χ4v) is 4.60. The van der Waals surface area contributed by atoms with E-state index in [-0.39, 0.29) is 31.3 Å². The van der Waals surface area contributed by atoms with Crippen LogP contribution in [0, 0.1) is 0 Å². The van der Waals surface area contributed by atoms with E-state index in [1.165, 1.54) is 11.3 Å². The highest BCUT2D eigenvalue weighted by atomic mass is 32.1. The zero-order chi connectivity index (χ0) is 21.7. The van der Waals surface area contributed by atoms with Crippen LogP contribution < -0.4 is 10.1 Å². The number of carbonyl (C=O) groups excluding carboxylic acids is 2. The van der Waals surface area contributed by atoms with Gasteiger partial charge < -0.3 is 19.5 Å². The van der Waals surface area contributed by atoms with Crippen LogP contribution in [0.2, 0.25) is 0 Å². The summed E-state index contributed by atoms with van der Waals surface area (Å²) in [5.41, 5.74) is 1.96. The molecule has 0 radical (unpaired) electrons. The molecule has 1 saturated heterocycles. The normalized spacial score (nSPS) is 19.3. The molecule has 0 aliphatic carbocycles. The summed E-state index contributed by atoms with van der Waals surface area (Å²) in [5.74, 6) is 0.118. The van der Waals surface area contributed by atoms with E-state index in [4.69, 9.17) is 14.2 Å². The summed E-state index contributed by atoms with van der Waals surface area (Å²) in [6.07, 6.45) is 0.167. The first-order valence-electron chi connectivity index (χ1n) is 10.0. The largest absolute Gasteiger partial charge is 0.497 e.